The van der Waals surface area contributed by atoms with Crippen molar-refractivity contribution in [2.75, 3.05) is 26.2 Å². The molecule has 2 heterocycles. The average Bonchev–Trinajstić information content (AvgIpc) is 3.05. The highest BCUT2D eigenvalue weighted by Gasteiger charge is 2.04. The normalized spacial score (nSPS) is 12.6. The Bertz CT molecular complexity index is 639. The van der Waals surface area contributed by atoms with Gasteiger partial charge >= 0.3 is 0 Å². The van der Waals surface area contributed by atoms with Crippen molar-refractivity contribution in [1.29, 1.82) is 0 Å². The number of fused-ring (bicyclic) bond motifs is 1. The van der Waals surface area contributed by atoms with Crippen LogP contribution in [-0.2, 0) is 0 Å². The quantitative estimate of drug-likeness (QED) is 0.524. The third-order valence-electron chi connectivity index (χ3n) is 4.07. The summed E-state index contributed by atoms with van der Waals surface area (Å²) in [5.41, 5.74) is 0. The van der Waals surface area contributed by atoms with Crippen LogP contribution in [0.25, 0.3) is 10.2 Å². The van der Waals surface area contributed by atoms with Gasteiger partial charge in [-0.25, -0.2) is 0 Å². The Labute approximate surface area is 143 Å². The Kier molecular flexibility index (Phi) is 7.62. The summed E-state index contributed by atoms with van der Waals surface area (Å²) in [5, 5.41) is 13.8. The maximum atomic E-state index is 9.77. The fourth-order valence-corrected chi connectivity index (χ4v) is 3.50. The van der Waals surface area contributed by atoms with E-state index in [4.69, 9.17) is 4.99 Å². The van der Waals surface area contributed by atoms with Crippen molar-refractivity contribution in [2.24, 2.45) is 4.99 Å². The molecule has 0 saturated heterocycles. The van der Waals surface area contributed by atoms with Crippen molar-refractivity contribution in [2.45, 2.75) is 46.0 Å². The highest BCUT2D eigenvalue weighted by molar-refractivity contribution is 7.16. The van der Waals surface area contributed by atoms with E-state index in [0.29, 0.717) is 0 Å². The monoisotopic (exact) mass is 335 g/mol. The summed E-state index contributed by atoms with van der Waals surface area (Å²) in [7, 11) is 0. The van der Waals surface area contributed by atoms with Gasteiger partial charge in [0.25, 0.3) is 0 Å². The first-order chi connectivity index (χ1) is 11.3. The molecule has 2 aromatic rings. The molecule has 0 amide bonds. The Balaban J connectivity index is 1.91. The predicted molar refractivity (Wildman–Crippen MR) is 98.3 cm³/mol. The van der Waals surface area contributed by atoms with Gasteiger partial charge in [0.15, 0.2) is 0 Å². The molecule has 0 atom stereocenters. The molecule has 2 aromatic heterocycles. The van der Waals surface area contributed by atoms with Crippen molar-refractivity contribution in [3.8, 4) is 0 Å². The van der Waals surface area contributed by atoms with Crippen LogP contribution in [0.2, 0.25) is 0 Å². The van der Waals surface area contributed by atoms with Crippen molar-refractivity contribution in [3.63, 3.8) is 0 Å². The SMILES string of the molecule is CCCCN(CCCC)CCCN=c1ccn(O)c2sccc12. The molecule has 0 saturated carbocycles. The molecule has 0 aromatic carbocycles. The molecule has 1 N–H and O–H groups in total. The number of aromatic nitrogens is 1. The second kappa shape index (κ2) is 9.73. The molecule has 5 heteroatoms. The molecule has 0 aliphatic heterocycles. The third-order valence-corrected chi connectivity index (χ3v) is 4.98. The molecule has 0 spiro atoms. The molecule has 0 radical (unpaired) electrons. The van der Waals surface area contributed by atoms with Crippen LogP contribution >= 0.6 is 11.3 Å². The molecule has 0 fully saturated rings. The lowest BCUT2D eigenvalue weighted by atomic mass is 10.2. The Morgan fingerprint density at radius 3 is 2.48 bits per heavy atom. The minimum Gasteiger partial charge on any atom is -0.428 e. The maximum absolute atomic E-state index is 9.77. The molecular formula is C18H29N3OS. The highest BCUT2D eigenvalue weighted by Crippen LogP contribution is 2.15. The van der Waals surface area contributed by atoms with Gasteiger partial charge in [-0.15, -0.1) is 11.3 Å². The van der Waals surface area contributed by atoms with Crippen LogP contribution in [0.4, 0.5) is 0 Å². The number of thiophene rings is 1. The Morgan fingerprint density at radius 1 is 1.09 bits per heavy atom. The first-order valence-corrected chi connectivity index (χ1v) is 9.65. The molecule has 2 rings (SSSR count). The molecular weight excluding hydrogens is 306 g/mol. The van der Waals surface area contributed by atoms with E-state index in [1.165, 1.54) is 54.8 Å². The van der Waals surface area contributed by atoms with Gasteiger partial charge in [0.1, 0.15) is 4.83 Å². The zero-order chi connectivity index (χ0) is 16.5. The summed E-state index contributed by atoms with van der Waals surface area (Å²) < 4.78 is 1.18. The van der Waals surface area contributed by atoms with Crippen molar-refractivity contribution >= 4 is 21.6 Å². The summed E-state index contributed by atoms with van der Waals surface area (Å²) in [6, 6.07) is 3.92. The van der Waals surface area contributed by atoms with E-state index >= 15 is 0 Å². The minimum absolute atomic E-state index is 0.842. The fraction of sp³-hybridized carbons (Fsp3) is 0.611. The Hall–Kier alpha value is -1.33. The van der Waals surface area contributed by atoms with Gasteiger partial charge in [-0.1, -0.05) is 26.7 Å². The van der Waals surface area contributed by atoms with Crippen molar-refractivity contribution in [3.05, 3.63) is 29.1 Å². The topological polar surface area (TPSA) is 40.8 Å². The number of pyridine rings is 1. The van der Waals surface area contributed by atoms with Gasteiger partial charge in [0.05, 0.1) is 5.36 Å². The maximum Gasteiger partial charge on any atom is 0.141 e. The first-order valence-electron chi connectivity index (χ1n) is 8.77. The molecule has 4 nitrogen and oxygen atoms in total. The lowest BCUT2D eigenvalue weighted by molar-refractivity contribution is 0.199. The molecule has 0 unspecified atom stereocenters. The summed E-state index contributed by atoms with van der Waals surface area (Å²) in [6.45, 7) is 8.89. The van der Waals surface area contributed by atoms with Gasteiger partial charge < -0.3 is 10.1 Å². The van der Waals surface area contributed by atoms with E-state index < -0.39 is 0 Å². The smallest absolute Gasteiger partial charge is 0.141 e. The van der Waals surface area contributed by atoms with E-state index in [1.54, 1.807) is 6.20 Å². The largest absolute Gasteiger partial charge is 0.428 e. The van der Waals surface area contributed by atoms with E-state index in [1.807, 2.05) is 17.5 Å². The Morgan fingerprint density at radius 2 is 1.78 bits per heavy atom. The number of unbranched alkanes of at least 4 members (excludes halogenated alkanes) is 2. The van der Waals surface area contributed by atoms with Crippen LogP contribution < -0.4 is 5.36 Å². The van der Waals surface area contributed by atoms with Crippen molar-refractivity contribution in [1.82, 2.24) is 9.63 Å². The van der Waals surface area contributed by atoms with Crippen LogP contribution in [0, 0.1) is 0 Å². The molecule has 23 heavy (non-hydrogen) atoms. The zero-order valence-corrected chi connectivity index (χ0v) is 15.2. The lowest BCUT2D eigenvalue weighted by Gasteiger charge is -2.21. The van der Waals surface area contributed by atoms with E-state index in [0.717, 1.165) is 35.1 Å². The van der Waals surface area contributed by atoms with E-state index in [9.17, 15) is 5.21 Å². The van der Waals surface area contributed by atoms with Gasteiger partial charge in [-0.05, 0) is 56.4 Å². The summed E-state index contributed by atoms with van der Waals surface area (Å²) in [6.07, 6.45) is 7.85. The number of nitrogens with zero attached hydrogens (tertiary/aromatic N) is 3. The molecule has 128 valence electrons. The van der Waals surface area contributed by atoms with Gasteiger partial charge in [-0.3, -0.25) is 4.99 Å². The second-order valence-electron chi connectivity index (χ2n) is 5.97. The zero-order valence-electron chi connectivity index (χ0n) is 14.4. The average molecular weight is 336 g/mol. The van der Waals surface area contributed by atoms with Gasteiger partial charge in [0.2, 0.25) is 0 Å². The van der Waals surface area contributed by atoms with Crippen LogP contribution in [0.5, 0.6) is 0 Å². The third kappa shape index (κ3) is 5.36. The minimum atomic E-state index is 0.842. The van der Waals surface area contributed by atoms with Crippen LogP contribution in [0.3, 0.4) is 0 Å². The number of rotatable bonds is 10. The first kappa shape index (κ1) is 18.0. The van der Waals surface area contributed by atoms with Gasteiger partial charge in [-0.2, -0.15) is 4.73 Å². The standard InChI is InChI=1S/C18H29N3OS/c1-3-5-11-20(12-6-4-2)13-7-10-19-17-8-14-21(22)18-16(17)9-15-23-18/h8-9,14-15,22H,3-7,10-13H2,1-2H3. The van der Waals surface area contributed by atoms with E-state index in [-0.39, 0.29) is 0 Å². The summed E-state index contributed by atoms with van der Waals surface area (Å²) in [5.74, 6) is 0. The van der Waals surface area contributed by atoms with Gasteiger partial charge in [0, 0.05) is 18.1 Å². The summed E-state index contributed by atoms with van der Waals surface area (Å²) in [4.78, 5) is 8.17. The molecule has 0 aliphatic carbocycles. The number of hydrogen-bond acceptors (Lipinski definition) is 4. The lowest BCUT2D eigenvalue weighted by Crippen LogP contribution is -2.27. The predicted octanol–water partition coefficient (Wildman–Crippen LogP) is 4.13. The number of hydrogen-bond donors (Lipinski definition) is 1. The molecule has 0 bridgehead atoms. The second-order valence-corrected chi connectivity index (χ2v) is 6.86. The molecule has 0 aliphatic rings. The van der Waals surface area contributed by atoms with Crippen molar-refractivity contribution < 1.29 is 5.21 Å². The van der Waals surface area contributed by atoms with Crippen LogP contribution in [0.1, 0.15) is 46.0 Å². The highest BCUT2D eigenvalue weighted by atomic mass is 32.1. The fourth-order valence-electron chi connectivity index (χ4n) is 2.70. The van der Waals surface area contributed by atoms with E-state index in [2.05, 4.69) is 18.7 Å². The van der Waals surface area contributed by atoms with Crippen LogP contribution in [0.15, 0.2) is 28.7 Å². The van der Waals surface area contributed by atoms with Crippen LogP contribution in [-0.4, -0.2) is 41.0 Å². The summed E-state index contributed by atoms with van der Waals surface area (Å²) >= 11 is 1.54.